The van der Waals surface area contributed by atoms with E-state index in [-0.39, 0.29) is 12.5 Å². The molecule has 0 bridgehead atoms. The molecule has 0 saturated carbocycles. The molecular formula is C23H24Cl2N4O2. The molecule has 3 aromatic rings. The Balaban J connectivity index is 1.44. The summed E-state index contributed by atoms with van der Waals surface area (Å²) < 4.78 is 7.03. The first-order valence-electron chi connectivity index (χ1n) is 10.1. The third-order valence-electron chi connectivity index (χ3n) is 5.52. The molecule has 1 fully saturated rings. The fourth-order valence-electron chi connectivity index (χ4n) is 3.83. The molecule has 1 aliphatic rings. The van der Waals surface area contributed by atoms with E-state index in [9.17, 15) is 4.79 Å². The van der Waals surface area contributed by atoms with Crippen molar-refractivity contribution >= 4 is 34.8 Å². The number of benzene rings is 2. The van der Waals surface area contributed by atoms with E-state index in [0.717, 1.165) is 35.7 Å². The highest BCUT2D eigenvalue weighted by molar-refractivity contribution is 6.33. The standard InChI is InChI=1S/C23H24Cl2N4O2/c1-16-22(25)23(17-6-4-3-5-7-17)29(26-16)15-21(30)28-12-10-27(11-13-28)18-8-9-19(24)20(14-18)31-2/h3-9,14H,10-13,15H2,1-2H3. The second kappa shape index (κ2) is 9.20. The molecule has 162 valence electrons. The van der Waals surface area contributed by atoms with Crippen molar-refractivity contribution in [3.63, 3.8) is 0 Å². The van der Waals surface area contributed by atoms with Crippen molar-refractivity contribution in [2.24, 2.45) is 0 Å². The number of halogens is 2. The van der Waals surface area contributed by atoms with Crippen molar-refractivity contribution < 1.29 is 9.53 Å². The van der Waals surface area contributed by atoms with Crippen LogP contribution in [0.25, 0.3) is 11.3 Å². The van der Waals surface area contributed by atoms with Gasteiger partial charge in [0.15, 0.2) is 0 Å². The van der Waals surface area contributed by atoms with Crippen LogP contribution >= 0.6 is 23.2 Å². The highest BCUT2D eigenvalue weighted by Crippen LogP contribution is 2.31. The normalized spacial score (nSPS) is 14.1. The van der Waals surface area contributed by atoms with Gasteiger partial charge in [-0.25, -0.2) is 0 Å². The van der Waals surface area contributed by atoms with Crippen LogP contribution in [-0.2, 0) is 11.3 Å². The summed E-state index contributed by atoms with van der Waals surface area (Å²) >= 11 is 12.6. The molecule has 1 saturated heterocycles. The number of aryl methyl sites for hydroxylation is 1. The minimum absolute atomic E-state index is 0.0321. The molecular weight excluding hydrogens is 435 g/mol. The van der Waals surface area contributed by atoms with Gasteiger partial charge < -0.3 is 14.5 Å². The Bertz CT molecular complexity index is 1080. The predicted molar refractivity (Wildman–Crippen MR) is 124 cm³/mol. The second-order valence-electron chi connectivity index (χ2n) is 7.46. The Labute approximate surface area is 191 Å². The van der Waals surface area contributed by atoms with Gasteiger partial charge in [-0.05, 0) is 19.1 Å². The first kappa shape index (κ1) is 21.5. The number of nitrogens with zero attached hydrogens (tertiary/aromatic N) is 4. The van der Waals surface area contributed by atoms with E-state index in [2.05, 4.69) is 10.00 Å². The number of ether oxygens (including phenoxy) is 1. The zero-order valence-corrected chi connectivity index (χ0v) is 19.0. The summed E-state index contributed by atoms with van der Waals surface area (Å²) in [7, 11) is 1.61. The smallest absolute Gasteiger partial charge is 0.244 e. The van der Waals surface area contributed by atoms with Gasteiger partial charge in [0.2, 0.25) is 5.91 Å². The van der Waals surface area contributed by atoms with Crippen LogP contribution in [0.1, 0.15) is 5.69 Å². The van der Waals surface area contributed by atoms with Crippen molar-refractivity contribution in [2.45, 2.75) is 13.5 Å². The van der Waals surface area contributed by atoms with Crippen LogP contribution in [0, 0.1) is 6.92 Å². The molecule has 0 N–H and O–H groups in total. The lowest BCUT2D eigenvalue weighted by molar-refractivity contribution is -0.132. The maximum atomic E-state index is 13.0. The first-order valence-corrected chi connectivity index (χ1v) is 10.9. The van der Waals surface area contributed by atoms with E-state index in [4.69, 9.17) is 27.9 Å². The minimum Gasteiger partial charge on any atom is -0.495 e. The number of amides is 1. The molecule has 8 heteroatoms. The Morgan fingerprint density at radius 2 is 1.77 bits per heavy atom. The Morgan fingerprint density at radius 3 is 2.45 bits per heavy atom. The average Bonchev–Trinajstić information content (AvgIpc) is 3.07. The van der Waals surface area contributed by atoms with Gasteiger partial charge in [0.25, 0.3) is 0 Å². The third kappa shape index (κ3) is 4.50. The monoisotopic (exact) mass is 458 g/mol. The molecule has 0 spiro atoms. The fourth-order valence-corrected chi connectivity index (χ4v) is 4.27. The largest absolute Gasteiger partial charge is 0.495 e. The summed E-state index contributed by atoms with van der Waals surface area (Å²) in [5.74, 6) is 0.682. The van der Waals surface area contributed by atoms with E-state index < -0.39 is 0 Å². The van der Waals surface area contributed by atoms with Crippen LogP contribution in [0.4, 0.5) is 5.69 Å². The molecule has 0 unspecified atom stereocenters. The molecule has 0 radical (unpaired) electrons. The Morgan fingerprint density at radius 1 is 1.06 bits per heavy atom. The van der Waals surface area contributed by atoms with Gasteiger partial charge in [0.1, 0.15) is 12.3 Å². The number of piperazine rings is 1. The number of hydrogen-bond donors (Lipinski definition) is 0. The van der Waals surface area contributed by atoms with E-state index in [1.165, 1.54) is 0 Å². The summed E-state index contributed by atoms with van der Waals surface area (Å²) in [5.41, 5.74) is 3.48. The summed E-state index contributed by atoms with van der Waals surface area (Å²) in [6.45, 7) is 4.76. The topological polar surface area (TPSA) is 50.6 Å². The van der Waals surface area contributed by atoms with E-state index in [1.54, 1.807) is 11.8 Å². The third-order valence-corrected chi connectivity index (χ3v) is 6.28. The number of carbonyl (C=O) groups excluding carboxylic acids is 1. The van der Waals surface area contributed by atoms with Crippen molar-refractivity contribution in [1.29, 1.82) is 0 Å². The summed E-state index contributed by atoms with van der Waals surface area (Å²) in [4.78, 5) is 17.1. The molecule has 31 heavy (non-hydrogen) atoms. The van der Waals surface area contributed by atoms with Crippen molar-refractivity contribution in [3.8, 4) is 17.0 Å². The van der Waals surface area contributed by atoms with Gasteiger partial charge >= 0.3 is 0 Å². The maximum Gasteiger partial charge on any atom is 0.244 e. The first-order chi connectivity index (χ1) is 15.0. The maximum absolute atomic E-state index is 13.0. The lowest BCUT2D eigenvalue weighted by atomic mass is 10.1. The molecule has 6 nitrogen and oxygen atoms in total. The highest BCUT2D eigenvalue weighted by Gasteiger charge is 2.24. The molecule has 0 aliphatic carbocycles. The lowest BCUT2D eigenvalue weighted by Gasteiger charge is -2.36. The van der Waals surface area contributed by atoms with Crippen LogP contribution in [0.15, 0.2) is 48.5 Å². The van der Waals surface area contributed by atoms with E-state index >= 15 is 0 Å². The number of anilines is 1. The van der Waals surface area contributed by atoms with Gasteiger partial charge in [-0.2, -0.15) is 5.10 Å². The van der Waals surface area contributed by atoms with Gasteiger partial charge in [-0.3, -0.25) is 9.48 Å². The number of methoxy groups -OCH3 is 1. The van der Waals surface area contributed by atoms with Crippen molar-refractivity contribution in [1.82, 2.24) is 14.7 Å². The van der Waals surface area contributed by atoms with Crippen LogP contribution in [0.5, 0.6) is 5.75 Å². The molecule has 1 aliphatic heterocycles. The average molecular weight is 459 g/mol. The number of hydrogen-bond acceptors (Lipinski definition) is 4. The van der Waals surface area contributed by atoms with E-state index in [0.29, 0.717) is 28.9 Å². The molecule has 4 rings (SSSR count). The molecule has 2 heterocycles. The number of rotatable bonds is 5. The Hall–Kier alpha value is -2.70. The molecule has 0 atom stereocenters. The van der Waals surface area contributed by atoms with Gasteiger partial charge in [0, 0.05) is 43.5 Å². The molecule has 1 aromatic heterocycles. The van der Waals surface area contributed by atoms with Gasteiger partial charge in [-0.1, -0.05) is 53.5 Å². The summed E-state index contributed by atoms with van der Waals surface area (Å²) in [5, 5.41) is 5.68. The van der Waals surface area contributed by atoms with Crippen molar-refractivity contribution in [2.75, 3.05) is 38.2 Å². The molecule has 1 amide bonds. The van der Waals surface area contributed by atoms with Crippen LogP contribution in [-0.4, -0.2) is 53.9 Å². The minimum atomic E-state index is 0.0321. The Kier molecular flexibility index (Phi) is 6.39. The van der Waals surface area contributed by atoms with E-state index in [1.807, 2.05) is 60.4 Å². The van der Waals surface area contributed by atoms with Gasteiger partial charge in [-0.15, -0.1) is 0 Å². The van der Waals surface area contributed by atoms with Gasteiger partial charge in [0.05, 0.1) is 28.5 Å². The zero-order chi connectivity index (χ0) is 22.0. The number of carbonyl (C=O) groups is 1. The van der Waals surface area contributed by atoms with Crippen LogP contribution in [0.3, 0.4) is 0 Å². The fraction of sp³-hybridized carbons (Fsp3) is 0.304. The van der Waals surface area contributed by atoms with Crippen molar-refractivity contribution in [3.05, 3.63) is 64.3 Å². The lowest BCUT2D eigenvalue weighted by Crippen LogP contribution is -2.49. The predicted octanol–water partition coefficient (Wildman–Crippen LogP) is 4.52. The highest BCUT2D eigenvalue weighted by atomic mass is 35.5. The van der Waals surface area contributed by atoms with Crippen LogP contribution in [0.2, 0.25) is 10.0 Å². The second-order valence-corrected chi connectivity index (χ2v) is 8.24. The summed E-state index contributed by atoms with van der Waals surface area (Å²) in [6, 6.07) is 15.5. The quantitative estimate of drug-likeness (QED) is 0.563. The zero-order valence-electron chi connectivity index (χ0n) is 17.5. The SMILES string of the molecule is COc1cc(N2CCN(C(=O)Cn3nc(C)c(Cl)c3-c3ccccc3)CC2)ccc1Cl. The molecule has 2 aromatic carbocycles. The number of aromatic nitrogens is 2. The summed E-state index contributed by atoms with van der Waals surface area (Å²) in [6.07, 6.45) is 0. The van der Waals surface area contributed by atoms with Crippen LogP contribution < -0.4 is 9.64 Å².